The third-order valence-electron chi connectivity index (χ3n) is 10.9. The molecule has 0 fully saturated rings. The molecule has 0 spiro atoms. The predicted octanol–water partition coefficient (Wildman–Crippen LogP) is 16.6. The van der Waals surface area contributed by atoms with Gasteiger partial charge in [0.25, 0.3) is 0 Å². The molecule has 6 heteroatoms. The molecule has 0 atom stereocenters. The van der Waals surface area contributed by atoms with Crippen LogP contribution in [-0.4, -0.2) is 37.2 Å². The largest absolute Gasteiger partial charge is 0.462 e. The van der Waals surface area contributed by atoms with Gasteiger partial charge >= 0.3 is 17.9 Å². The first-order valence-corrected chi connectivity index (χ1v) is 25.4. The summed E-state index contributed by atoms with van der Waals surface area (Å²) < 4.78 is 16.7. The van der Waals surface area contributed by atoms with Crippen molar-refractivity contribution in [1.82, 2.24) is 0 Å². The Morgan fingerprint density at radius 1 is 0.393 bits per heavy atom. The van der Waals surface area contributed by atoms with Crippen molar-refractivity contribution in [2.75, 3.05) is 13.2 Å². The lowest BCUT2D eigenvalue weighted by Gasteiger charge is -2.18. The highest BCUT2D eigenvalue weighted by atomic mass is 16.6. The first-order valence-electron chi connectivity index (χ1n) is 25.4. The Bertz CT molecular complexity index is 1100. The molecular weight excluding hydrogens is 757 g/mol. The standard InChI is InChI=1S/C55H94O6/c1-4-7-10-13-16-19-22-25-26-27-28-31-34-37-40-43-46-49-55(58)61-52(50-59-53(56)47-44-41-38-35-32-29-23-20-17-14-11-8-5-2)51-60-54(57)48-45-42-39-36-33-30-24-21-18-15-12-9-6-3/h4,7,10,16,19,25-26,28,31,37,40,52H,1,5-6,8-9,11-15,17-18,20-24,27,29-30,32-36,38-39,41-51H2,2-3H3/b10-7-,19-16-,26-25-,31-28-,40-37-. The van der Waals surface area contributed by atoms with Gasteiger partial charge in [0, 0.05) is 19.3 Å². The van der Waals surface area contributed by atoms with Crippen molar-refractivity contribution in [2.45, 2.75) is 245 Å². The zero-order valence-electron chi connectivity index (χ0n) is 39.7. The minimum Gasteiger partial charge on any atom is -0.462 e. The topological polar surface area (TPSA) is 78.9 Å². The van der Waals surface area contributed by atoms with Crippen LogP contribution in [0.2, 0.25) is 0 Å². The maximum absolute atomic E-state index is 12.8. The quantitative estimate of drug-likeness (QED) is 0.0200. The molecule has 0 aromatic carbocycles. The van der Waals surface area contributed by atoms with Gasteiger partial charge in [0.2, 0.25) is 0 Å². The smallest absolute Gasteiger partial charge is 0.306 e. The Morgan fingerprint density at radius 3 is 1.07 bits per heavy atom. The predicted molar refractivity (Wildman–Crippen MR) is 261 cm³/mol. The van der Waals surface area contributed by atoms with E-state index in [4.69, 9.17) is 14.2 Å². The Hall–Kier alpha value is -3.15. The summed E-state index contributed by atoms with van der Waals surface area (Å²) in [5.74, 6) is -0.954. The van der Waals surface area contributed by atoms with Crippen LogP contribution >= 0.6 is 0 Å². The maximum Gasteiger partial charge on any atom is 0.306 e. The normalized spacial score (nSPS) is 12.0. The molecule has 0 aromatic rings. The summed E-state index contributed by atoms with van der Waals surface area (Å²) in [6, 6.07) is 0. The minimum atomic E-state index is -0.802. The van der Waals surface area contributed by atoms with Gasteiger partial charge in [0.15, 0.2) is 6.10 Å². The molecular formula is C55H94O6. The van der Waals surface area contributed by atoms with Crippen LogP contribution in [0.3, 0.4) is 0 Å². The molecule has 0 rings (SSSR count). The van der Waals surface area contributed by atoms with E-state index >= 15 is 0 Å². The van der Waals surface area contributed by atoms with E-state index in [1.54, 1.807) is 6.08 Å². The number of unbranched alkanes of at least 4 members (excludes halogenated alkanes) is 25. The molecule has 0 aliphatic rings. The minimum absolute atomic E-state index is 0.0964. The van der Waals surface area contributed by atoms with Crippen LogP contribution in [0.4, 0.5) is 0 Å². The Balaban J connectivity index is 4.46. The van der Waals surface area contributed by atoms with Crippen LogP contribution < -0.4 is 0 Å². The van der Waals surface area contributed by atoms with Crippen LogP contribution in [-0.2, 0) is 28.6 Å². The molecule has 0 aliphatic carbocycles. The molecule has 6 nitrogen and oxygen atoms in total. The van der Waals surface area contributed by atoms with Crippen molar-refractivity contribution in [2.24, 2.45) is 0 Å². The lowest BCUT2D eigenvalue weighted by Crippen LogP contribution is -2.30. The third-order valence-corrected chi connectivity index (χ3v) is 10.9. The molecule has 61 heavy (non-hydrogen) atoms. The summed E-state index contributed by atoms with van der Waals surface area (Å²) in [4.78, 5) is 37.9. The van der Waals surface area contributed by atoms with Crippen molar-refractivity contribution >= 4 is 17.9 Å². The number of carbonyl (C=O) groups is 3. The van der Waals surface area contributed by atoms with E-state index in [-0.39, 0.29) is 37.5 Å². The van der Waals surface area contributed by atoms with E-state index in [1.807, 2.05) is 6.08 Å². The van der Waals surface area contributed by atoms with Crippen LogP contribution in [0.5, 0.6) is 0 Å². The maximum atomic E-state index is 12.8. The number of esters is 3. The van der Waals surface area contributed by atoms with Crippen molar-refractivity contribution in [3.63, 3.8) is 0 Å². The SMILES string of the molecule is C=C/C=C\C/C=C\C/C=C\C/C=C\C/C=C\CCCC(=O)OC(COC(=O)CCCCCCCCCCCCCCC)COC(=O)CCCCCCCCCCCCCCC. The lowest BCUT2D eigenvalue weighted by molar-refractivity contribution is -0.167. The molecule has 0 radical (unpaired) electrons. The second-order valence-electron chi connectivity index (χ2n) is 16.8. The number of hydrogen-bond donors (Lipinski definition) is 0. The Labute approximate surface area is 376 Å². The average Bonchev–Trinajstić information content (AvgIpc) is 3.26. The van der Waals surface area contributed by atoms with Gasteiger partial charge in [-0.1, -0.05) is 241 Å². The average molecular weight is 851 g/mol. The Morgan fingerprint density at radius 2 is 0.705 bits per heavy atom. The van der Waals surface area contributed by atoms with Gasteiger partial charge in [0.05, 0.1) is 0 Å². The van der Waals surface area contributed by atoms with E-state index in [1.165, 1.54) is 128 Å². The zero-order chi connectivity index (χ0) is 44.4. The van der Waals surface area contributed by atoms with Crippen molar-refractivity contribution < 1.29 is 28.6 Å². The monoisotopic (exact) mass is 851 g/mol. The number of carbonyl (C=O) groups excluding carboxylic acids is 3. The molecule has 0 bridgehead atoms. The first kappa shape index (κ1) is 57.9. The molecule has 0 N–H and O–H groups in total. The van der Waals surface area contributed by atoms with Gasteiger partial charge in [-0.15, -0.1) is 0 Å². The summed E-state index contributed by atoms with van der Waals surface area (Å²) in [6.45, 7) is 8.00. The van der Waals surface area contributed by atoms with Gasteiger partial charge in [-0.3, -0.25) is 14.4 Å². The molecule has 0 heterocycles. The summed E-state index contributed by atoms with van der Waals surface area (Å²) >= 11 is 0. The second-order valence-corrected chi connectivity index (χ2v) is 16.8. The molecule has 350 valence electrons. The van der Waals surface area contributed by atoms with E-state index in [9.17, 15) is 14.4 Å². The van der Waals surface area contributed by atoms with Gasteiger partial charge < -0.3 is 14.2 Å². The fraction of sp³-hybridized carbons (Fsp3) is 0.727. The van der Waals surface area contributed by atoms with Crippen LogP contribution in [0.25, 0.3) is 0 Å². The number of hydrogen-bond acceptors (Lipinski definition) is 6. The second kappa shape index (κ2) is 49.5. The van der Waals surface area contributed by atoms with E-state index in [0.717, 1.165) is 70.6 Å². The lowest BCUT2D eigenvalue weighted by atomic mass is 10.0. The van der Waals surface area contributed by atoms with Crippen LogP contribution in [0.15, 0.2) is 73.4 Å². The van der Waals surface area contributed by atoms with Crippen LogP contribution in [0.1, 0.15) is 239 Å². The van der Waals surface area contributed by atoms with Gasteiger partial charge in [0.1, 0.15) is 13.2 Å². The molecule has 0 aromatic heterocycles. The fourth-order valence-electron chi connectivity index (χ4n) is 7.10. The molecule has 0 saturated carbocycles. The summed E-state index contributed by atoms with van der Waals surface area (Å²) in [6.07, 6.45) is 60.6. The van der Waals surface area contributed by atoms with E-state index < -0.39 is 6.10 Å². The van der Waals surface area contributed by atoms with Crippen molar-refractivity contribution in [1.29, 1.82) is 0 Å². The highest BCUT2D eigenvalue weighted by molar-refractivity contribution is 5.71. The third kappa shape index (κ3) is 47.7. The van der Waals surface area contributed by atoms with Gasteiger partial charge in [-0.05, 0) is 51.4 Å². The van der Waals surface area contributed by atoms with Crippen molar-refractivity contribution in [3.05, 3.63) is 73.4 Å². The molecule has 0 aliphatic heterocycles. The summed E-state index contributed by atoms with van der Waals surface area (Å²) in [7, 11) is 0. The molecule has 0 unspecified atom stereocenters. The molecule has 0 amide bonds. The zero-order valence-corrected chi connectivity index (χ0v) is 39.7. The number of allylic oxidation sites excluding steroid dienone is 11. The van der Waals surface area contributed by atoms with Gasteiger partial charge in [-0.2, -0.15) is 0 Å². The molecule has 0 saturated heterocycles. The summed E-state index contributed by atoms with van der Waals surface area (Å²) in [5.41, 5.74) is 0. The first-order chi connectivity index (χ1) is 30.0. The van der Waals surface area contributed by atoms with Crippen LogP contribution in [0, 0.1) is 0 Å². The number of ether oxygens (including phenoxy) is 3. The van der Waals surface area contributed by atoms with Crippen molar-refractivity contribution in [3.8, 4) is 0 Å². The summed E-state index contributed by atoms with van der Waals surface area (Å²) in [5, 5.41) is 0. The highest BCUT2D eigenvalue weighted by Crippen LogP contribution is 2.15. The highest BCUT2D eigenvalue weighted by Gasteiger charge is 2.19. The number of rotatable bonds is 46. The Kier molecular flexibility index (Phi) is 46.9. The van der Waals surface area contributed by atoms with E-state index in [2.05, 4.69) is 75.1 Å². The van der Waals surface area contributed by atoms with Gasteiger partial charge in [-0.25, -0.2) is 0 Å². The fourth-order valence-corrected chi connectivity index (χ4v) is 7.10. The van der Waals surface area contributed by atoms with E-state index in [0.29, 0.717) is 19.3 Å².